The van der Waals surface area contributed by atoms with E-state index in [-0.39, 0.29) is 6.09 Å². The van der Waals surface area contributed by atoms with Crippen molar-refractivity contribution in [2.24, 2.45) is 5.92 Å². The monoisotopic (exact) mass is 488 g/mol. The number of ether oxygens (including phenoxy) is 1. The molecular weight excluding hydrogens is 452 g/mol. The molecule has 1 aliphatic heterocycles. The maximum absolute atomic E-state index is 12.8. The third-order valence-electron chi connectivity index (χ3n) is 6.98. The van der Waals surface area contributed by atoms with E-state index in [1.54, 1.807) is 11.1 Å². The van der Waals surface area contributed by atoms with Crippen molar-refractivity contribution in [3.05, 3.63) is 59.4 Å². The van der Waals surface area contributed by atoms with Gasteiger partial charge in [0, 0.05) is 42.3 Å². The highest BCUT2D eigenvalue weighted by Crippen LogP contribution is 2.32. The Morgan fingerprint density at radius 1 is 1.14 bits per heavy atom. The van der Waals surface area contributed by atoms with Crippen LogP contribution in [0.25, 0.3) is 5.69 Å². The van der Waals surface area contributed by atoms with Crippen molar-refractivity contribution in [2.75, 3.05) is 11.9 Å². The highest BCUT2D eigenvalue weighted by molar-refractivity contribution is 5.69. The second-order valence-electron chi connectivity index (χ2n) is 10.9. The van der Waals surface area contributed by atoms with Crippen molar-refractivity contribution in [1.29, 1.82) is 0 Å². The van der Waals surface area contributed by atoms with Crippen LogP contribution in [0.5, 0.6) is 0 Å². The molecule has 0 unspecified atom stereocenters. The van der Waals surface area contributed by atoms with Crippen LogP contribution in [-0.2, 0) is 24.1 Å². The van der Waals surface area contributed by atoms with Crippen LogP contribution >= 0.6 is 0 Å². The number of rotatable bonds is 5. The molecule has 1 aliphatic carbocycles. The number of amides is 1. The summed E-state index contributed by atoms with van der Waals surface area (Å²) in [7, 11) is 0. The molecule has 0 saturated heterocycles. The highest BCUT2D eigenvalue weighted by Gasteiger charge is 2.30. The van der Waals surface area contributed by atoms with Crippen molar-refractivity contribution in [3.63, 3.8) is 0 Å². The van der Waals surface area contributed by atoms with Crippen molar-refractivity contribution in [3.8, 4) is 5.69 Å². The van der Waals surface area contributed by atoms with Gasteiger partial charge in [0.1, 0.15) is 11.4 Å². The molecule has 0 radical (unpaired) electrons. The molecule has 0 atom stereocenters. The molecule has 5 rings (SSSR count). The largest absolute Gasteiger partial charge is 0.444 e. The number of carbonyl (C=O) groups excluding carboxylic acids is 1. The lowest BCUT2D eigenvalue weighted by Gasteiger charge is -2.32. The van der Waals surface area contributed by atoms with Gasteiger partial charge in [-0.25, -0.2) is 19.7 Å². The van der Waals surface area contributed by atoms with Crippen LogP contribution < -0.4 is 5.32 Å². The molecule has 1 fully saturated rings. The third kappa shape index (κ3) is 5.53. The van der Waals surface area contributed by atoms with E-state index < -0.39 is 5.60 Å². The van der Waals surface area contributed by atoms with Crippen molar-refractivity contribution >= 4 is 17.7 Å². The van der Waals surface area contributed by atoms with Gasteiger partial charge < -0.3 is 19.5 Å². The van der Waals surface area contributed by atoms with Gasteiger partial charge in [0.25, 0.3) is 0 Å². The molecule has 3 aromatic rings. The van der Waals surface area contributed by atoms with Crippen LogP contribution in [-0.4, -0.2) is 42.7 Å². The van der Waals surface area contributed by atoms with Gasteiger partial charge in [0.2, 0.25) is 5.95 Å². The smallest absolute Gasteiger partial charge is 0.410 e. The molecule has 1 amide bonds. The van der Waals surface area contributed by atoms with Gasteiger partial charge in [0.05, 0.1) is 17.9 Å². The summed E-state index contributed by atoms with van der Waals surface area (Å²) in [5, 5.41) is 3.42. The lowest BCUT2D eigenvalue weighted by Crippen LogP contribution is -2.40. The predicted octanol–water partition coefficient (Wildman–Crippen LogP) is 5.74. The fraction of sp³-hybridized carbons (Fsp3) is 0.500. The normalized spacial score (nSPS) is 16.2. The lowest BCUT2D eigenvalue weighted by atomic mass is 9.95. The lowest BCUT2D eigenvalue weighted by molar-refractivity contribution is 0.0222. The maximum Gasteiger partial charge on any atom is 0.410 e. The topological polar surface area (TPSA) is 85.2 Å². The Hall–Kier alpha value is -3.42. The van der Waals surface area contributed by atoms with E-state index in [0.717, 1.165) is 40.6 Å². The minimum absolute atomic E-state index is 0.268. The van der Waals surface area contributed by atoms with Gasteiger partial charge in [-0.05, 0) is 64.3 Å². The van der Waals surface area contributed by atoms with E-state index in [1.807, 2.05) is 46.0 Å². The molecule has 1 saturated carbocycles. The zero-order valence-corrected chi connectivity index (χ0v) is 21.8. The number of hydrogen-bond acceptors (Lipinski definition) is 6. The molecular formula is C28H36N6O2. The second kappa shape index (κ2) is 9.91. The standard InChI is InChI=1S/C28H36N6O2/c1-19-29-14-16-34(19)22-11-9-21(10-12-22)30-26-31-24-13-15-33(27(35)36-28(2,3)4)18-23(24)25(32-26)17-20-7-5-6-8-20/h9-12,14,16,20H,5-8,13,15,17-18H2,1-4H3,(H,30,31,32). The molecule has 2 aliphatic rings. The summed E-state index contributed by atoms with van der Waals surface area (Å²) in [6.07, 6.45) is 10.2. The number of hydrogen-bond donors (Lipinski definition) is 1. The SMILES string of the molecule is Cc1nccn1-c1ccc(Nc2nc3c(c(CC4CCCC4)n2)CN(C(=O)OC(C)(C)C)CC3)cc1. The fourth-order valence-corrected chi connectivity index (χ4v) is 5.16. The first-order chi connectivity index (χ1) is 17.2. The minimum atomic E-state index is -0.513. The molecule has 3 heterocycles. The molecule has 0 bridgehead atoms. The summed E-state index contributed by atoms with van der Waals surface area (Å²) in [4.78, 5) is 28.7. The van der Waals surface area contributed by atoms with E-state index >= 15 is 0 Å². The average Bonchev–Trinajstić information content (AvgIpc) is 3.50. The Balaban J connectivity index is 1.38. The zero-order valence-electron chi connectivity index (χ0n) is 21.8. The molecule has 8 nitrogen and oxygen atoms in total. The first-order valence-corrected chi connectivity index (χ1v) is 13.0. The minimum Gasteiger partial charge on any atom is -0.444 e. The van der Waals surface area contributed by atoms with Gasteiger partial charge in [-0.3, -0.25) is 0 Å². The summed E-state index contributed by atoms with van der Waals surface area (Å²) in [5.41, 5.74) is 4.68. The number of nitrogens with one attached hydrogen (secondary N) is 1. The van der Waals surface area contributed by atoms with Gasteiger partial charge >= 0.3 is 6.09 Å². The van der Waals surface area contributed by atoms with Gasteiger partial charge in [-0.1, -0.05) is 25.7 Å². The highest BCUT2D eigenvalue weighted by atomic mass is 16.6. The number of imidazole rings is 1. The van der Waals surface area contributed by atoms with Gasteiger partial charge in [-0.2, -0.15) is 0 Å². The molecule has 36 heavy (non-hydrogen) atoms. The molecule has 1 N–H and O–H groups in total. The quantitative estimate of drug-likeness (QED) is 0.493. The Morgan fingerprint density at radius 2 is 1.89 bits per heavy atom. The van der Waals surface area contributed by atoms with E-state index in [1.165, 1.54) is 25.7 Å². The molecule has 8 heteroatoms. The molecule has 2 aromatic heterocycles. The maximum atomic E-state index is 12.8. The van der Waals surface area contributed by atoms with Gasteiger partial charge in [0.15, 0.2) is 0 Å². The summed E-state index contributed by atoms with van der Waals surface area (Å²) in [6.45, 7) is 8.80. The summed E-state index contributed by atoms with van der Waals surface area (Å²) in [6, 6.07) is 8.21. The number of carbonyl (C=O) groups is 1. The molecule has 0 spiro atoms. The predicted molar refractivity (Wildman–Crippen MR) is 140 cm³/mol. The molecule has 190 valence electrons. The summed E-state index contributed by atoms with van der Waals surface area (Å²) < 4.78 is 7.69. The number of nitrogens with zero attached hydrogens (tertiary/aromatic N) is 5. The van der Waals surface area contributed by atoms with Crippen LogP contribution in [0.2, 0.25) is 0 Å². The third-order valence-corrected chi connectivity index (χ3v) is 6.98. The van der Waals surface area contributed by atoms with Crippen molar-refractivity contribution in [1.82, 2.24) is 24.4 Å². The number of fused-ring (bicyclic) bond motifs is 1. The van der Waals surface area contributed by atoms with Crippen molar-refractivity contribution < 1.29 is 9.53 Å². The Kier molecular flexibility index (Phi) is 6.69. The second-order valence-corrected chi connectivity index (χ2v) is 10.9. The Bertz CT molecular complexity index is 1220. The number of aromatic nitrogens is 4. The van der Waals surface area contributed by atoms with E-state index in [4.69, 9.17) is 14.7 Å². The summed E-state index contributed by atoms with van der Waals surface area (Å²) in [5.74, 6) is 2.22. The number of anilines is 2. The first kappa shape index (κ1) is 24.3. The van der Waals surface area contributed by atoms with Crippen LogP contribution in [0.1, 0.15) is 69.2 Å². The van der Waals surface area contributed by atoms with Crippen molar-refractivity contribution in [2.45, 2.75) is 78.4 Å². The Labute approximate surface area is 213 Å². The number of aryl methyl sites for hydroxylation is 1. The van der Waals surface area contributed by atoms with E-state index in [9.17, 15) is 4.79 Å². The summed E-state index contributed by atoms with van der Waals surface area (Å²) >= 11 is 0. The van der Waals surface area contributed by atoms with Crippen LogP contribution in [0, 0.1) is 12.8 Å². The van der Waals surface area contributed by atoms with E-state index in [2.05, 4.69) is 27.0 Å². The Morgan fingerprint density at radius 3 is 2.56 bits per heavy atom. The number of benzene rings is 1. The van der Waals surface area contributed by atoms with Gasteiger partial charge in [-0.15, -0.1) is 0 Å². The van der Waals surface area contributed by atoms with Crippen LogP contribution in [0.4, 0.5) is 16.4 Å². The average molecular weight is 489 g/mol. The fourth-order valence-electron chi connectivity index (χ4n) is 5.16. The first-order valence-electron chi connectivity index (χ1n) is 13.0. The zero-order chi connectivity index (χ0) is 25.3. The molecule has 1 aromatic carbocycles. The van der Waals surface area contributed by atoms with Crippen LogP contribution in [0.3, 0.4) is 0 Å². The van der Waals surface area contributed by atoms with E-state index in [0.29, 0.717) is 31.4 Å². The van der Waals surface area contributed by atoms with Crippen LogP contribution in [0.15, 0.2) is 36.7 Å².